The van der Waals surface area contributed by atoms with Crippen LogP contribution in [-0.4, -0.2) is 26.2 Å². The zero-order chi connectivity index (χ0) is 19.8. The van der Waals surface area contributed by atoms with Crippen molar-refractivity contribution in [3.05, 3.63) is 95.6 Å². The van der Waals surface area contributed by atoms with E-state index < -0.39 is 0 Å². The molecule has 0 saturated heterocycles. The zero-order valence-corrected chi connectivity index (χ0v) is 16.0. The minimum absolute atomic E-state index is 0.246. The van der Waals surface area contributed by atoms with Gasteiger partial charge in [0.1, 0.15) is 12.4 Å². The standard InChI is InChI=1S/C23H23N3O2/c1-26(2)21-12-10-20(11-13-21)23(27)25-24-16-18-8-14-22(15-9-18)28-17-19-6-4-3-5-7-19/h3-16H,17H2,1-2H3,(H,25,27)/b24-16-. The normalized spacial score (nSPS) is 10.6. The molecule has 3 aromatic carbocycles. The monoisotopic (exact) mass is 373 g/mol. The molecule has 5 heteroatoms. The van der Waals surface area contributed by atoms with E-state index in [2.05, 4.69) is 10.5 Å². The van der Waals surface area contributed by atoms with Gasteiger partial charge in [-0.1, -0.05) is 30.3 Å². The number of hydrogen-bond acceptors (Lipinski definition) is 4. The fourth-order valence-corrected chi connectivity index (χ4v) is 2.53. The Bertz CT molecular complexity index is 918. The molecule has 0 spiro atoms. The molecule has 0 aliphatic heterocycles. The van der Waals surface area contributed by atoms with E-state index in [1.807, 2.05) is 85.7 Å². The largest absolute Gasteiger partial charge is 0.489 e. The predicted octanol–water partition coefficient (Wildman–Crippen LogP) is 4.10. The van der Waals surface area contributed by atoms with E-state index in [1.54, 1.807) is 18.3 Å². The number of nitrogens with zero attached hydrogens (tertiary/aromatic N) is 2. The molecule has 0 radical (unpaired) electrons. The number of nitrogens with one attached hydrogen (secondary N) is 1. The van der Waals surface area contributed by atoms with Gasteiger partial charge in [-0.3, -0.25) is 4.79 Å². The molecule has 0 aliphatic carbocycles. The van der Waals surface area contributed by atoms with E-state index >= 15 is 0 Å². The maximum atomic E-state index is 12.1. The zero-order valence-electron chi connectivity index (χ0n) is 16.0. The summed E-state index contributed by atoms with van der Waals surface area (Å²) in [5.74, 6) is 0.537. The molecule has 3 rings (SSSR count). The highest BCUT2D eigenvalue weighted by Crippen LogP contribution is 2.14. The topological polar surface area (TPSA) is 53.9 Å². The Kier molecular flexibility index (Phi) is 6.41. The van der Waals surface area contributed by atoms with Gasteiger partial charge in [0.15, 0.2) is 0 Å². The van der Waals surface area contributed by atoms with E-state index in [4.69, 9.17) is 4.74 Å². The number of carbonyl (C=O) groups excluding carboxylic acids is 1. The maximum absolute atomic E-state index is 12.1. The summed E-state index contributed by atoms with van der Waals surface area (Å²) in [5.41, 5.74) is 6.13. The molecule has 0 unspecified atom stereocenters. The van der Waals surface area contributed by atoms with Gasteiger partial charge in [-0.15, -0.1) is 0 Å². The molecule has 0 fully saturated rings. The summed E-state index contributed by atoms with van der Waals surface area (Å²) < 4.78 is 5.76. The van der Waals surface area contributed by atoms with Crippen LogP contribution in [0.4, 0.5) is 5.69 Å². The minimum atomic E-state index is -0.246. The second-order valence-electron chi connectivity index (χ2n) is 6.48. The smallest absolute Gasteiger partial charge is 0.271 e. The summed E-state index contributed by atoms with van der Waals surface area (Å²) in [6.07, 6.45) is 1.60. The van der Waals surface area contributed by atoms with Gasteiger partial charge in [0.2, 0.25) is 0 Å². The summed E-state index contributed by atoms with van der Waals surface area (Å²) in [6, 6.07) is 24.9. The van der Waals surface area contributed by atoms with Gasteiger partial charge >= 0.3 is 0 Å². The van der Waals surface area contributed by atoms with Crippen LogP contribution in [0.5, 0.6) is 5.75 Å². The quantitative estimate of drug-likeness (QED) is 0.501. The van der Waals surface area contributed by atoms with E-state index in [9.17, 15) is 4.79 Å². The van der Waals surface area contributed by atoms with E-state index in [-0.39, 0.29) is 5.91 Å². The average Bonchev–Trinajstić information content (AvgIpc) is 2.74. The number of hydrazone groups is 1. The lowest BCUT2D eigenvalue weighted by Gasteiger charge is -2.12. The van der Waals surface area contributed by atoms with Crippen molar-refractivity contribution in [1.29, 1.82) is 0 Å². The predicted molar refractivity (Wildman–Crippen MR) is 113 cm³/mol. The van der Waals surface area contributed by atoms with Crippen LogP contribution in [-0.2, 0) is 6.61 Å². The molecular formula is C23H23N3O2. The Morgan fingerprint density at radius 2 is 1.64 bits per heavy atom. The molecule has 142 valence electrons. The molecule has 3 aromatic rings. The van der Waals surface area contributed by atoms with Gasteiger partial charge in [0, 0.05) is 25.3 Å². The molecule has 0 aromatic heterocycles. The third-order valence-corrected chi connectivity index (χ3v) is 4.15. The summed E-state index contributed by atoms with van der Waals surface area (Å²) >= 11 is 0. The van der Waals surface area contributed by atoms with Crippen molar-refractivity contribution in [2.75, 3.05) is 19.0 Å². The molecule has 1 amide bonds. The third kappa shape index (κ3) is 5.45. The number of rotatable bonds is 7. The Morgan fingerprint density at radius 3 is 2.29 bits per heavy atom. The Hall–Kier alpha value is -3.60. The molecule has 0 saturated carbocycles. The van der Waals surface area contributed by atoms with Crippen molar-refractivity contribution in [3.63, 3.8) is 0 Å². The number of amides is 1. The highest BCUT2D eigenvalue weighted by molar-refractivity contribution is 5.95. The Labute approximate surface area is 165 Å². The van der Waals surface area contributed by atoms with Crippen LogP contribution >= 0.6 is 0 Å². The third-order valence-electron chi connectivity index (χ3n) is 4.15. The first-order chi connectivity index (χ1) is 13.6. The maximum Gasteiger partial charge on any atom is 0.271 e. The van der Waals surface area contributed by atoms with E-state index in [0.29, 0.717) is 12.2 Å². The summed E-state index contributed by atoms with van der Waals surface area (Å²) in [5, 5.41) is 4.02. The van der Waals surface area contributed by atoms with Crippen LogP contribution in [0.3, 0.4) is 0 Å². The lowest BCUT2D eigenvalue weighted by Crippen LogP contribution is -2.17. The number of ether oxygens (including phenoxy) is 1. The number of hydrogen-bond donors (Lipinski definition) is 1. The molecule has 28 heavy (non-hydrogen) atoms. The van der Waals surface area contributed by atoms with Crippen molar-refractivity contribution in [2.45, 2.75) is 6.61 Å². The lowest BCUT2D eigenvalue weighted by atomic mass is 10.2. The van der Waals surface area contributed by atoms with Gasteiger partial charge in [-0.05, 0) is 59.7 Å². The fraction of sp³-hybridized carbons (Fsp3) is 0.130. The second kappa shape index (κ2) is 9.37. The SMILES string of the molecule is CN(C)c1ccc(C(=O)N/N=C\c2ccc(OCc3ccccc3)cc2)cc1. The first kappa shape index (κ1) is 19.2. The number of anilines is 1. The average molecular weight is 373 g/mol. The van der Waals surface area contributed by atoms with Gasteiger partial charge in [0.05, 0.1) is 6.21 Å². The lowest BCUT2D eigenvalue weighted by molar-refractivity contribution is 0.0955. The molecule has 0 bridgehead atoms. The van der Waals surface area contributed by atoms with E-state index in [1.165, 1.54) is 0 Å². The van der Waals surface area contributed by atoms with Crippen LogP contribution in [0.25, 0.3) is 0 Å². The molecule has 0 heterocycles. The van der Waals surface area contributed by atoms with Crippen molar-refractivity contribution < 1.29 is 9.53 Å². The first-order valence-corrected chi connectivity index (χ1v) is 8.99. The Balaban J connectivity index is 1.50. The summed E-state index contributed by atoms with van der Waals surface area (Å²) in [7, 11) is 3.91. The van der Waals surface area contributed by atoms with Crippen LogP contribution in [0, 0.1) is 0 Å². The molecule has 5 nitrogen and oxygen atoms in total. The second-order valence-corrected chi connectivity index (χ2v) is 6.48. The van der Waals surface area contributed by atoms with Gasteiger partial charge < -0.3 is 9.64 Å². The van der Waals surface area contributed by atoms with Gasteiger partial charge in [-0.25, -0.2) is 5.43 Å². The molecular weight excluding hydrogens is 350 g/mol. The van der Waals surface area contributed by atoms with Crippen molar-refractivity contribution in [2.24, 2.45) is 5.10 Å². The van der Waals surface area contributed by atoms with Gasteiger partial charge in [0.25, 0.3) is 5.91 Å². The minimum Gasteiger partial charge on any atom is -0.489 e. The van der Waals surface area contributed by atoms with Crippen molar-refractivity contribution in [1.82, 2.24) is 5.43 Å². The molecule has 0 aliphatic rings. The molecule has 0 atom stereocenters. The van der Waals surface area contributed by atoms with E-state index in [0.717, 1.165) is 22.6 Å². The summed E-state index contributed by atoms with van der Waals surface area (Å²) in [4.78, 5) is 14.1. The Morgan fingerprint density at radius 1 is 0.964 bits per heavy atom. The number of benzene rings is 3. The highest BCUT2D eigenvalue weighted by atomic mass is 16.5. The molecule has 1 N–H and O–H groups in total. The number of carbonyl (C=O) groups is 1. The van der Waals surface area contributed by atoms with Crippen molar-refractivity contribution >= 4 is 17.8 Å². The van der Waals surface area contributed by atoms with Crippen LogP contribution in [0.1, 0.15) is 21.5 Å². The van der Waals surface area contributed by atoms with Crippen molar-refractivity contribution in [3.8, 4) is 5.75 Å². The highest BCUT2D eigenvalue weighted by Gasteiger charge is 2.04. The van der Waals surface area contributed by atoms with Crippen LogP contribution in [0.15, 0.2) is 84.0 Å². The van der Waals surface area contributed by atoms with Crippen LogP contribution < -0.4 is 15.1 Å². The first-order valence-electron chi connectivity index (χ1n) is 8.99. The van der Waals surface area contributed by atoms with Gasteiger partial charge in [-0.2, -0.15) is 5.10 Å². The van der Waals surface area contributed by atoms with Crippen LogP contribution in [0.2, 0.25) is 0 Å². The fourth-order valence-electron chi connectivity index (χ4n) is 2.53. The summed E-state index contributed by atoms with van der Waals surface area (Å²) in [6.45, 7) is 0.525.